The summed E-state index contributed by atoms with van der Waals surface area (Å²) in [6.07, 6.45) is 2.30. The molecule has 0 aliphatic heterocycles. The van der Waals surface area contributed by atoms with Crippen LogP contribution >= 0.6 is 0 Å². The first-order chi connectivity index (χ1) is 3.97. The molecule has 0 heterocycles. The van der Waals surface area contributed by atoms with Gasteiger partial charge in [-0.3, -0.25) is 0 Å². The lowest BCUT2D eigenvalue weighted by molar-refractivity contribution is 0.501. The number of hydrogen-bond donors (Lipinski definition) is 1. The molecule has 0 amide bonds. The van der Waals surface area contributed by atoms with Gasteiger partial charge < -0.3 is 5.73 Å². The Bertz CT molecular complexity index is 43.0. The molecular weight excluding hydrogens is 110 g/mol. The van der Waals surface area contributed by atoms with E-state index in [4.69, 9.17) is 5.73 Å². The summed E-state index contributed by atoms with van der Waals surface area (Å²) in [7, 11) is 0. The van der Waals surface area contributed by atoms with E-state index >= 15 is 0 Å². The molecule has 0 spiro atoms. The van der Waals surface area contributed by atoms with E-state index in [1.807, 2.05) is 13.8 Å². The first-order valence-corrected chi connectivity index (χ1v) is 3.76. The van der Waals surface area contributed by atoms with Gasteiger partial charge in [-0.1, -0.05) is 27.2 Å². The summed E-state index contributed by atoms with van der Waals surface area (Å²) in [6, 6.07) is 0. The Morgan fingerprint density at radius 3 is 1.22 bits per heavy atom. The van der Waals surface area contributed by atoms with Gasteiger partial charge in [0.15, 0.2) is 0 Å². The highest BCUT2D eigenvalue weighted by Crippen LogP contribution is 1.99. The van der Waals surface area contributed by atoms with Gasteiger partial charge >= 0.3 is 0 Å². The van der Waals surface area contributed by atoms with Gasteiger partial charge in [-0.05, 0) is 20.3 Å². The minimum atomic E-state index is 0.0417. The highest BCUT2D eigenvalue weighted by Gasteiger charge is 2.03. The standard InChI is InChI=1S/C5H13N.C3H8/c1-4-5(2,3)6;1-3-2/h4,6H2,1-3H3;3H2,1-2H3. The van der Waals surface area contributed by atoms with Gasteiger partial charge in [-0.2, -0.15) is 0 Å². The lowest BCUT2D eigenvalue weighted by Crippen LogP contribution is -2.30. The van der Waals surface area contributed by atoms with E-state index in [-0.39, 0.29) is 5.54 Å². The van der Waals surface area contributed by atoms with Crippen molar-refractivity contribution in [3.63, 3.8) is 0 Å². The smallest absolute Gasteiger partial charge is 0.00944 e. The summed E-state index contributed by atoms with van der Waals surface area (Å²) >= 11 is 0. The molecule has 0 unspecified atom stereocenters. The van der Waals surface area contributed by atoms with Crippen molar-refractivity contribution in [1.82, 2.24) is 0 Å². The molecule has 0 aromatic carbocycles. The van der Waals surface area contributed by atoms with Gasteiger partial charge in [0.2, 0.25) is 0 Å². The lowest BCUT2D eigenvalue weighted by atomic mass is 10.1. The van der Waals surface area contributed by atoms with Gasteiger partial charge in [0.05, 0.1) is 0 Å². The monoisotopic (exact) mass is 131 g/mol. The first kappa shape index (κ1) is 11.7. The van der Waals surface area contributed by atoms with Crippen LogP contribution in [0.2, 0.25) is 0 Å². The number of rotatable bonds is 1. The molecule has 9 heavy (non-hydrogen) atoms. The summed E-state index contributed by atoms with van der Waals surface area (Å²) in [5, 5.41) is 0. The van der Waals surface area contributed by atoms with Gasteiger partial charge in [-0.25, -0.2) is 0 Å². The Morgan fingerprint density at radius 1 is 1.11 bits per heavy atom. The SMILES string of the molecule is CCC.CCC(C)(C)N. The molecule has 0 aliphatic carbocycles. The molecule has 0 atom stereocenters. The highest BCUT2D eigenvalue weighted by molar-refractivity contribution is 4.66. The molecular formula is C8H21N. The first-order valence-electron chi connectivity index (χ1n) is 3.76. The van der Waals surface area contributed by atoms with Crippen LogP contribution in [0.5, 0.6) is 0 Å². The molecule has 0 aromatic rings. The van der Waals surface area contributed by atoms with Crippen LogP contribution in [0.25, 0.3) is 0 Å². The molecule has 0 aromatic heterocycles. The second-order valence-corrected chi connectivity index (χ2v) is 3.05. The zero-order chi connectivity index (χ0) is 7.91. The van der Waals surface area contributed by atoms with E-state index in [1.165, 1.54) is 6.42 Å². The maximum atomic E-state index is 5.53. The van der Waals surface area contributed by atoms with Crippen molar-refractivity contribution in [1.29, 1.82) is 0 Å². The largest absolute Gasteiger partial charge is 0.326 e. The van der Waals surface area contributed by atoms with Crippen molar-refractivity contribution in [2.24, 2.45) is 5.73 Å². The van der Waals surface area contributed by atoms with Crippen molar-refractivity contribution in [3.05, 3.63) is 0 Å². The van der Waals surface area contributed by atoms with E-state index < -0.39 is 0 Å². The molecule has 0 saturated heterocycles. The zero-order valence-electron chi connectivity index (χ0n) is 7.49. The van der Waals surface area contributed by atoms with Crippen molar-refractivity contribution < 1.29 is 0 Å². The number of hydrogen-bond acceptors (Lipinski definition) is 1. The lowest BCUT2D eigenvalue weighted by Gasteiger charge is -2.13. The Hall–Kier alpha value is -0.0400. The molecule has 58 valence electrons. The molecule has 0 aliphatic rings. The topological polar surface area (TPSA) is 26.0 Å². The van der Waals surface area contributed by atoms with Gasteiger partial charge in [0, 0.05) is 5.54 Å². The second kappa shape index (κ2) is 6.09. The zero-order valence-corrected chi connectivity index (χ0v) is 7.49. The van der Waals surface area contributed by atoms with Crippen molar-refractivity contribution in [2.45, 2.75) is 53.0 Å². The normalized spacial score (nSPS) is 10.0. The molecule has 0 fully saturated rings. The van der Waals surface area contributed by atoms with Crippen LogP contribution in [0.3, 0.4) is 0 Å². The third-order valence-corrected chi connectivity index (χ3v) is 0.911. The van der Waals surface area contributed by atoms with Crippen LogP contribution in [0, 0.1) is 0 Å². The second-order valence-electron chi connectivity index (χ2n) is 3.05. The minimum absolute atomic E-state index is 0.0417. The molecule has 0 rings (SSSR count). The van der Waals surface area contributed by atoms with E-state index in [0.717, 1.165) is 6.42 Å². The summed E-state index contributed by atoms with van der Waals surface area (Å²) in [4.78, 5) is 0. The summed E-state index contributed by atoms with van der Waals surface area (Å²) in [5.74, 6) is 0. The molecule has 1 heteroatoms. The van der Waals surface area contributed by atoms with E-state index in [9.17, 15) is 0 Å². The van der Waals surface area contributed by atoms with Crippen LogP contribution < -0.4 is 5.73 Å². The Kier molecular flexibility index (Phi) is 7.92. The maximum Gasteiger partial charge on any atom is 0.00944 e. The predicted octanol–water partition coefficient (Wildman–Crippen LogP) is 2.55. The van der Waals surface area contributed by atoms with Crippen LogP contribution in [0.4, 0.5) is 0 Å². The average Bonchev–Trinajstić information content (AvgIpc) is 1.67. The summed E-state index contributed by atoms with van der Waals surface area (Å²) in [5.41, 5.74) is 5.58. The van der Waals surface area contributed by atoms with Gasteiger partial charge in [-0.15, -0.1) is 0 Å². The van der Waals surface area contributed by atoms with Crippen molar-refractivity contribution in [3.8, 4) is 0 Å². The average molecular weight is 131 g/mol. The molecule has 0 bridgehead atoms. The molecule has 2 N–H and O–H groups in total. The Morgan fingerprint density at radius 2 is 1.22 bits per heavy atom. The fourth-order valence-electron chi connectivity index (χ4n) is 0. The van der Waals surface area contributed by atoms with E-state index in [0.29, 0.717) is 0 Å². The predicted molar refractivity (Wildman–Crippen MR) is 44.5 cm³/mol. The van der Waals surface area contributed by atoms with Gasteiger partial charge in [0.25, 0.3) is 0 Å². The minimum Gasteiger partial charge on any atom is -0.326 e. The van der Waals surface area contributed by atoms with Crippen LogP contribution in [-0.4, -0.2) is 5.54 Å². The summed E-state index contributed by atoms with van der Waals surface area (Å²) < 4.78 is 0. The van der Waals surface area contributed by atoms with E-state index in [1.54, 1.807) is 0 Å². The Balaban J connectivity index is 0. The quantitative estimate of drug-likeness (QED) is 0.581. The fraction of sp³-hybridized carbons (Fsp3) is 1.00. The third-order valence-electron chi connectivity index (χ3n) is 0.911. The highest BCUT2D eigenvalue weighted by atomic mass is 14.7. The van der Waals surface area contributed by atoms with E-state index in [2.05, 4.69) is 20.8 Å². The van der Waals surface area contributed by atoms with Crippen molar-refractivity contribution >= 4 is 0 Å². The van der Waals surface area contributed by atoms with Crippen LogP contribution in [0.1, 0.15) is 47.5 Å². The maximum absolute atomic E-state index is 5.53. The third kappa shape index (κ3) is 32.3. The van der Waals surface area contributed by atoms with Gasteiger partial charge in [0.1, 0.15) is 0 Å². The molecule has 0 radical (unpaired) electrons. The molecule has 1 nitrogen and oxygen atoms in total. The molecule has 0 saturated carbocycles. The number of nitrogens with two attached hydrogens (primary N) is 1. The van der Waals surface area contributed by atoms with Crippen LogP contribution in [-0.2, 0) is 0 Å². The fourth-order valence-corrected chi connectivity index (χ4v) is 0. The summed E-state index contributed by atoms with van der Waals surface area (Å²) in [6.45, 7) is 10.4. The van der Waals surface area contributed by atoms with Crippen molar-refractivity contribution in [2.75, 3.05) is 0 Å². The Labute approximate surface area is 59.6 Å². The van der Waals surface area contributed by atoms with Crippen LogP contribution in [0.15, 0.2) is 0 Å².